The lowest BCUT2D eigenvalue weighted by Gasteiger charge is -2.12. The molecule has 1 atom stereocenters. The van der Waals surface area contributed by atoms with Crippen molar-refractivity contribution >= 4 is 20.8 Å². The fraction of sp³-hybridized carbons (Fsp3) is 0.333. The Labute approximate surface area is 119 Å². The number of nitrogens with one attached hydrogen (secondary N) is 1. The van der Waals surface area contributed by atoms with Crippen molar-refractivity contribution in [2.45, 2.75) is 31.2 Å². The topological polar surface area (TPSA) is 55.4 Å². The van der Waals surface area contributed by atoms with Gasteiger partial charge in [0, 0.05) is 6.04 Å². The molecule has 0 saturated heterocycles. The number of benzene rings is 2. The molecular formula is C15H19NO3S. The van der Waals surface area contributed by atoms with E-state index < -0.39 is 10.0 Å². The smallest absolute Gasteiger partial charge is 0.240 e. The molecule has 0 unspecified atom stereocenters. The number of sulfonamides is 1. The zero-order valence-electron chi connectivity index (χ0n) is 11.9. The highest BCUT2D eigenvalue weighted by Crippen LogP contribution is 2.23. The SMILES string of the molecule is CC[C@@H](C)NS(=O)(=O)c1ccc2cc(OC)ccc2c1. The van der Waals surface area contributed by atoms with Crippen LogP contribution in [0.25, 0.3) is 10.8 Å². The molecule has 20 heavy (non-hydrogen) atoms. The molecule has 0 aromatic heterocycles. The van der Waals surface area contributed by atoms with Crippen molar-refractivity contribution in [3.8, 4) is 5.75 Å². The third-order valence-electron chi connectivity index (χ3n) is 3.30. The summed E-state index contributed by atoms with van der Waals surface area (Å²) in [6, 6.07) is 10.6. The molecule has 0 radical (unpaired) electrons. The summed E-state index contributed by atoms with van der Waals surface area (Å²) in [5.74, 6) is 0.755. The van der Waals surface area contributed by atoms with Crippen LogP contribution in [0.15, 0.2) is 41.3 Å². The van der Waals surface area contributed by atoms with Crippen molar-refractivity contribution in [2.24, 2.45) is 0 Å². The van der Waals surface area contributed by atoms with Crippen LogP contribution in [0.5, 0.6) is 5.75 Å². The molecule has 0 bridgehead atoms. The van der Waals surface area contributed by atoms with Crippen molar-refractivity contribution in [3.05, 3.63) is 36.4 Å². The molecule has 0 aliphatic carbocycles. The van der Waals surface area contributed by atoms with Crippen LogP contribution in [0.3, 0.4) is 0 Å². The molecule has 2 aromatic rings. The van der Waals surface area contributed by atoms with Gasteiger partial charge in [0.05, 0.1) is 12.0 Å². The monoisotopic (exact) mass is 293 g/mol. The first-order valence-corrected chi connectivity index (χ1v) is 8.04. The van der Waals surface area contributed by atoms with Crippen LogP contribution in [0, 0.1) is 0 Å². The van der Waals surface area contributed by atoms with Gasteiger partial charge in [-0.2, -0.15) is 0 Å². The quantitative estimate of drug-likeness (QED) is 0.922. The largest absolute Gasteiger partial charge is 0.497 e. The van der Waals surface area contributed by atoms with Crippen LogP contribution in [0.4, 0.5) is 0 Å². The summed E-state index contributed by atoms with van der Waals surface area (Å²) in [6.45, 7) is 3.79. The van der Waals surface area contributed by atoms with Gasteiger partial charge in [-0.25, -0.2) is 13.1 Å². The predicted octanol–water partition coefficient (Wildman–Crippen LogP) is 2.93. The molecule has 0 aliphatic rings. The average Bonchev–Trinajstić information content (AvgIpc) is 2.45. The Hall–Kier alpha value is -1.59. The Morgan fingerprint density at radius 3 is 2.45 bits per heavy atom. The number of hydrogen-bond donors (Lipinski definition) is 1. The fourth-order valence-corrected chi connectivity index (χ4v) is 3.27. The summed E-state index contributed by atoms with van der Waals surface area (Å²) in [5.41, 5.74) is 0. The number of rotatable bonds is 5. The van der Waals surface area contributed by atoms with E-state index in [9.17, 15) is 8.42 Å². The Morgan fingerprint density at radius 2 is 1.80 bits per heavy atom. The summed E-state index contributed by atoms with van der Waals surface area (Å²) in [7, 11) is -1.85. The maximum Gasteiger partial charge on any atom is 0.240 e. The summed E-state index contributed by atoms with van der Waals surface area (Å²) in [6.07, 6.45) is 0.754. The molecule has 2 aromatic carbocycles. The second-order valence-corrected chi connectivity index (χ2v) is 6.52. The van der Waals surface area contributed by atoms with E-state index in [0.717, 1.165) is 22.9 Å². The molecule has 108 valence electrons. The Balaban J connectivity index is 2.41. The lowest BCUT2D eigenvalue weighted by atomic mass is 10.1. The molecule has 0 amide bonds. The minimum absolute atomic E-state index is 0.0773. The van der Waals surface area contributed by atoms with Gasteiger partial charge in [0.2, 0.25) is 10.0 Å². The predicted molar refractivity (Wildman–Crippen MR) is 80.6 cm³/mol. The number of hydrogen-bond acceptors (Lipinski definition) is 3. The summed E-state index contributed by atoms with van der Waals surface area (Å²) < 4.78 is 32.3. The summed E-state index contributed by atoms with van der Waals surface area (Å²) >= 11 is 0. The van der Waals surface area contributed by atoms with E-state index in [-0.39, 0.29) is 10.9 Å². The molecule has 4 nitrogen and oxygen atoms in total. The van der Waals surface area contributed by atoms with Crippen molar-refractivity contribution in [1.29, 1.82) is 0 Å². The number of fused-ring (bicyclic) bond motifs is 1. The van der Waals surface area contributed by atoms with Crippen molar-refractivity contribution in [2.75, 3.05) is 7.11 Å². The highest BCUT2D eigenvalue weighted by atomic mass is 32.2. The zero-order chi connectivity index (χ0) is 14.8. The van der Waals surface area contributed by atoms with Crippen LogP contribution >= 0.6 is 0 Å². The minimum atomic E-state index is -3.46. The molecule has 0 aliphatic heterocycles. The van der Waals surface area contributed by atoms with Gasteiger partial charge in [-0.15, -0.1) is 0 Å². The highest BCUT2D eigenvalue weighted by molar-refractivity contribution is 7.89. The van der Waals surface area contributed by atoms with Crippen LogP contribution < -0.4 is 9.46 Å². The molecular weight excluding hydrogens is 274 g/mol. The zero-order valence-corrected chi connectivity index (χ0v) is 12.7. The van der Waals surface area contributed by atoms with E-state index in [1.54, 1.807) is 25.3 Å². The lowest BCUT2D eigenvalue weighted by Crippen LogP contribution is -2.31. The molecule has 0 fully saturated rings. The van der Waals surface area contributed by atoms with Crippen molar-refractivity contribution < 1.29 is 13.2 Å². The molecule has 0 spiro atoms. The highest BCUT2D eigenvalue weighted by Gasteiger charge is 2.16. The maximum absolute atomic E-state index is 12.2. The second-order valence-electron chi connectivity index (χ2n) is 4.81. The van der Waals surface area contributed by atoms with Gasteiger partial charge in [-0.3, -0.25) is 0 Å². The summed E-state index contributed by atoms with van der Waals surface area (Å²) in [4.78, 5) is 0.287. The average molecular weight is 293 g/mol. The van der Waals surface area contributed by atoms with Gasteiger partial charge >= 0.3 is 0 Å². The van der Waals surface area contributed by atoms with Crippen LogP contribution in [0.2, 0.25) is 0 Å². The van der Waals surface area contributed by atoms with Gasteiger partial charge in [0.25, 0.3) is 0 Å². The van der Waals surface area contributed by atoms with E-state index in [2.05, 4.69) is 4.72 Å². The molecule has 1 N–H and O–H groups in total. The number of ether oxygens (including phenoxy) is 1. The Bertz CT molecular complexity index is 710. The fourth-order valence-electron chi connectivity index (χ4n) is 1.91. The third kappa shape index (κ3) is 3.11. The molecule has 0 saturated carbocycles. The molecule has 2 rings (SSSR count). The second kappa shape index (κ2) is 5.81. The van der Waals surface area contributed by atoms with Gasteiger partial charge < -0.3 is 4.74 Å². The standard InChI is InChI=1S/C15H19NO3S/c1-4-11(2)16-20(17,18)15-8-6-12-9-14(19-3)7-5-13(12)10-15/h5-11,16H,4H2,1-3H3/t11-/m1/s1. The molecule has 5 heteroatoms. The van der Waals surface area contributed by atoms with E-state index >= 15 is 0 Å². The van der Waals surface area contributed by atoms with Gasteiger partial charge in [-0.05, 0) is 48.4 Å². The first kappa shape index (κ1) is 14.8. The van der Waals surface area contributed by atoms with Crippen molar-refractivity contribution in [3.63, 3.8) is 0 Å². The first-order valence-electron chi connectivity index (χ1n) is 6.56. The van der Waals surface area contributed by atoms with Gasteiger partial charge in [-0.1, -0.05) is 19.1 Å². The van der Waals surface area contributed by atoms with Gasteiger partial charge in [0.15, 0.2) is 0 Å². The van der Waals surface area contributed by atoms with E-state index in [1.165, 1.54) is 0 Å². The lowest BCUT2D eigenvalue weighted by molar-refractivity contribution is 0.415. The Kier molecular flexibility index (Phi) is 4.30. The first-order chi connectivity index (χ1) is 9.46. The van der Waals surface area contributed by atoms with Crippen molar-refractivity contribution in [1.82, 2.24) is 4.72 Å². The van der Waals surface area contributed by atoms with Crippen LogP contribution in [0.1, 0.15) is 20.3 Å². The maximum atomic E-state index is 12.2. The van der Waals surface area contributed by atoms with Crippen LogP contribution in [-0.2, 0) is 10.0 Å². The van der Waals surface area contributed by atoms with E-state index in [4.69, 9.17) is 4.74 Å². The minimum Gasteiger partial charge on any atom is -0.497 e. The third-order valence-corrected chi connectivity index (χ3v) is 4.89. The Morgan fingerprint density at radius 1 is 1.15 bits per heavy atom. The van der Waals surface area contributed by atoms with E-state index in [1.807, 2.05) is 32.0 Å². The van der Waals surface area contributed by atoms with Gasteiger partial charge in [0.1, 0.15) is 5.75 Å². The summed E-state index contributed by atoms with van der Waals surface area (Å²) in [5, 5.41) is 1.82. The molecule has 0 heterocycles. The normalized spacial score (nSPS) is 13.3. The number of methoxy groups -OCH3 is 1. The van der Waals surface area contributed by atoms with Crippen LogP contribution in [-0.4, -0.2) is 21.6 Å². The van der Waals surface area contributed by atoms with E-state index in [0.29, 0.717) is 0 Å².